The summed E-state index contributed by atoms with van der Waals surface area (Å²) in [4.78, 5) is 32.0. The molecule has 0 N–H and O–H groups in total. The number of ether oxygens (including phenoxy) is 1. The van der Waals surface area contributed by atoms with Crippen LogP contribution in [0, 0.1) is 0 Å². The van der Waals surface area contributed by atoms with Gasteiger partial charge in [-0.2, -0.15) is 0 Å². The molecule has 0 radical (unpaired) electrons. The van der Waals surface area contributed by atoms with Crippen LogP contribution in [0.3, 0.4) is 0 Å². The van der Waals surface area contributed by atoms with Crippen LogP contribution in [-0.2, 0) is 16.1 Å². The number of pyridine rings is 1. The molecule has 0 aromatic carbocycles. The molecular weight excluding hydrogens is 270 g/mol. The van der Waals surface area contributed by atoms with Crippen LogP contribution >= 0.6 is 0 Å². The molecule has 1 fully saturated rings. The third kappa shape index (κ3) is 3.15. The monoisotopic (exact) mass is 291 g/mol. The lowest BCUT2D eigenvalue weighted by Gasteiger charge is -2.38. The van der Waals surface area contributed by atoms with Crippen molar-refractivity contribution in [1.82, 2.24) is 14.8 Å². The van der Waals surface area contributed by atoms with E-state index in [1.165, 1.54) is 0 Å². The van der Waals surface area contributed by atoms with Gasteiger partial charge < -0.3 is 14.5 Å². The lowest BCUT2D eigenvalue weighted by molar-refractivity contribution is -0.155. The number of carbonyl (C=O) groups is 2. The Morgan fingerprint density at radius 3 is 2.86 bits per heavy atom. The number of hydrogen-bond acceptors (Lipinski definition) is 4. The summed E-state index contributed by atoms with van der Waals surface area (Å²) in [7, 11) is 1.54. The number of carbonyl (C=O) groups excluding carboxylic acids is 2. The normalized spacial score (nSPS) is 19.1. The fraction of sp³-hybridized carbons (Fsp3) is 0.533. The number of methoxy groups -OCH3 is 1. The number of piperazine rings is 1. The molecule has 0 bridgehead atoms. The Kier molecular flexibility index (Phi) is 4.77. The summed E-state index contributed by atoms with van der Waals surface area (Å²) in [6, 6.07) is 3.19. The SMILES string of the molecule is CCCN1CC(=O)N(Cc2cccnc2OC)[C@@H](C)C1=O. The fourth-order valence-electron chi connectivity index (χ4n) is 2.54. The molecule has 0 aliphatic carbocycles. The lowest BCUT2D eigenvalue weighted by atomic mass is 10.1. The Morgan fingerprint density at radius 1 is 1.43 bits per heavy atom. The number of hydrogen-bond donors (Lipinski definition) is 0. The van der Waals surface area contributed by atoms with Gasteiger partial charge in [-0.05, 0) is 19.4 Å². The van der Waals surface area contributed by atoms with Crippen molar-refractivity contribution in [2.24, 2.45) is 0 Å². The van der Waals surface area contributed by atoms with Gasteiger partial charge in [0.05, 0.1) is 20.2 Å². The second-order valence-electron chi connectivity index (χ2n) is 5.13. The topological polar surface area (TPSA) is 62.7 Å². The number of rotatable bonds is 5. The molecule has 0 saturated carbocycles. The summed E-state index contributed by atoms with van der Waals surface area (Å²) in [6.45, 7) is 4.88. The predicted octanol–water partition coefficient (Wildman–Crippen LogP) is 1.06. The maximum atomic E-state index is 12.3. The number of nitrogens with zero attached hydrogens (tertiary/aromatic N) is 3. The van der Waals surface area contributed by atoms with Crippen LogP contribution in [-0.4, -0.2) is 52.8 Å². The van der Waals surface area contributed by atoms with Gasteiger partial charge in [0.25, 0.3) is 0 Å². The van der Waals surface area contributed by atoms with Gasteiger partial charge in [-0.25, -0.2) is 4.98 Å². The van der Waals surface area contributed by atoms with Gasteiger partial charge in [0, 0.05) is 18.3 Å². The molecule has 6 nitrogen and oxygen atoms in total. The highest BCUT2D eigenvalue weighted by Gasteiger charge is 2.36. The van der Waals surface area contributed by atoms with Crippen molar-refractivity contribution in [1.29, 1.82) is 0 Å². The second-order valence-corrected chi connectivity index (χ2v) is 5.13. The third-order valence-electron chi connectivity index (χ3n) is 3.66. The molecule has 114 valence electrons. The van der Waals surface area contributed by atoms with E-state index < -0.39 is 6.04 Å². The van der Waals surface area contributed by atoms with Gasteiger partial charge in [0.2, 0.25) is 17.7 Å². The van der Waals surface area contributed by atoms with Crippen LogP contribution in [0.2, 0.25) is 0 Å². The zero-order valence-corrected chi connectivity index (χ0v) is 12.7. The van der Waals surface area contributed by atoms with Crippen molar-refractivity contribution in [3.63, 3.8) is 0 Å². The van der Waals surface area contributed by atoms with Gasteiger partial charge in [-0.3, -0.25) is 9.59 Å². The summed E-state index contributed by atoms with van der Waals surface area (Å²) < 4.78 is 5.20. The van der Waals surface area contributed by atoms with Gasteiger partial charge in [0.1, 0.15) is 6.04 Å². The molecule has 1 saturated heterocycles. The van der Waals surface area contributed by atoms with E-state index in [9.17, 15) is 9.59 Å². The molecule has 6 heteroatoms. The molecule has 2 heterocycles. The average molecular weight is 291 g/mol. The molecule has 1 aromatic rings. The first-order chi connectivity index (χ1) is 10.1. The molecule has 1 aliphatic heterocycles. The lowest BCUT2D eigenvalue weighted by Crippen LogP contribution is -2.58. The van der Waals surface area contributed by atoms with Crippen LogP contribution in [0.1, 0.15) is 25.8 Å². The van der Waals surface area contributed by atoms with Crippen molar-refractivity contribution in [2.45, 2.75) is 32.9 Å². The van der Waals surface area contributed by atoms with Gasteiger partial charge in [-0.1, -0.05) is 13.0 Å². The second kappa shape index (κ2) is 6.56. The minimum atomic E-state index is -0.456. The summed E-state index contributed by atoms with van der Waals surface area (Å²) in [5.41, 5.74) is 0.803. The summed E-state index contributed by atoms with van der Waals surface area (Å²) in [6.07, 6.45) is 2.49. The Labute approximate surface area is 124 Å². The molecular formula is C15H21N3O3. The largest absolute Gasteiger partial charge is 0.481 e. The van der Waals surface area contributed by atoms with Crippen molar-refractivity contribution in [3.8, 4) is 5.88 Å². The number of aromatic nitrogens is 1. The van der Waals surface area contributed by atoms with Gasteiger partial charge in [0.15, 0.2) is 0 Å². The van der Waals surface area contributed by atoms with E-state index >= 15 is 0 Å². The van der Waals surface area contributed by atoms with Crippen molar-refractivity contribution in [3.05, 3.63) is 23.9 Å². The van der Waals surface area contributed by atoms with E-state index in [1.807, 2.05) is 13.0 Å². The van der Waals surface area contributed by atoms with E-state index in [2.05, 4.69) is 4.98 Å². The first-order valence-electron chi connectivity index (χ1n) is 7.14. The van der Waals surface area contributed by atoms with Gasteiger partial charge in [-0.15, -0.1) is 0 Å². The van der Waals surface area contributed by atoms with Crippen LogP contribution in [0.15, 0.2) is 18.3 Å². The molecule has 0 unspecified atom stereocenters. The highest BCUT2D eigenvalue weighted by molar-refractivity contribution is 5.94. The molecule has 1 aromatic heterocycles. The maximum absolute atomic E-state index is 12.3. The average Bonchev–Trinajstić information content (AvgIpc) is 2.49. The third-order valence-corrected chi connectivity index (χ3v) is 3.66. The maximum Gasteiger partial charge on any atom is 0.245 e. The van der Waals surface area contributed by atoms with E-state index in [0.717, 1.165) is 12.0 Å². The van der Waals surface area contributed by atoms with Crippen molar-refractivity contribution >= 4 is 11.8 Å². The first kappa shape index (κ1) is 15.3. The predicted molar refractivity (Wildman–Crippen MR) is 77.7 cm³/mol. The van der Waals surface area contributed by atoms with E-state index in [1.54, 1.807) is 36.1 Å². The van der Waals surface area contributed by atoms with Gasteiger partial charge >= 0.3 is 0 Å². The van der Waals surface area contributed by atoms with Crippen LogP contribution in [0.4, 0.5) is 0 Å². The minimum Gasteiger partial charge on any atom is -0.481 e. The van der Waals surface area contributed by atoms with Crippen LogP contribution < -0.4 is 4.74 Å². The Hall–Kier alpha value is -2.11. The first-order valence-corrected chi connectivity index (χ1v) is 7.14. The molecule has 2 amide bonds. The highest BCUT2D eigenvalue weighted by Crippen LogP contribution is 2.21. The smallest absolute Gasteiger partial charge is 0.245 e. The van der Waals surface area contributed by atoms with Crippen LogP contribution in [0.25, 0.3) is 0 Å². The van der Waals surface area contributed by atoms with E-state index in [4.69, 9.17) is 4.74 Å². The van der Waals surface area contributed by atoms with Crippen molar-refractivity contribution in [2.75, 3.05) is 20.2 Å². The Bertz CT molecular complexity index is 533. The summed E-state index contributed by atoms with van der Waals surface area (Å²) in [5, 5.41) is 0. The number of amides is 2. The highest BCUT2D eigenvalue weighted by atomic mass is 16.5. The zero-order valence-electron chi connectivity index (χ0n) is 12.7. The van der Waals surface area contributed by atoms with E-state index in [-0.39, 0.29) is 18.4 Å². The molecule has 0 spiro atoms. The standard InChI is InChI=1S/C15H21N3O3/c1-4-8-17-10-13(19)18(11(2)15(17)20)9-12-6-5-7-16-14(12)21-3/h5-7,11H,4,8-10H2,1-3H3/t11-/m0/s1. The van der Waals surface area contributed by atoms with E-state index in [0.29, 0.717) is 19.0 Å². The molecule has 1 aliphatic rings. The Balaban J connectivity index is 2.17. The summed E-state index contributed by atoms with van der Waals surface area (Å²) in [5.74, 6) is 0.446. The fourth-order valence-corrected chi connectivity index (χ4v) is 2.54. The minimum absolute atomic E-state index is 0.000642. The molecule has 1 atom stereocenters. The molecule has 2 rings (SSSR count). The van der Waals surface area contributed by atoms with Crippen molar-refractivity contribution < 1.29 is 14.3 Å². The Morgan fingerprint density at radius 2 is 2.19 bits per heavy atom. The molecule has 21 heavy (non-hydrogen) atoms. The quantitative estimate of drug-likeness (QED) is 0.814. The summed E-state index contributed by atoms with van der Waals surface area (Å²) >= 11 is 0. The van der Waals surface area contributed by atoms with Crippen LogP contribution in [0.5, 0.6) is 5.88 Å². The zero-order chi connectivity index (χ0) is 15.4.